The molecule has 0 radical (unpaired) electrons. The standard InChI is InChI=1S/C27H28N6O4/c1-28-25-20-10-29-24(32-26(34)15-2-3-15)9-19(20)21(11-30-25)27-31-22-8-17(4-5-23(22)37-27)36-18-12-33(13-18)16-6-7-35-14-16/h4-5,8-11,15-16,18H,2-3,6-7,12-14H2,1H3,(H,28,30)(H,29,32,34). The predicted molar refractivity (Wildman–Crippen MR) is 139 cm³/mol. The number of oxazole rings is 1. The molecule has 0 bridgehead atoms. The van der Waals surface area contributed by atoms with Crippen LogP contribution in [0.25, 0.3) is 33.3 Å². The number of fused-ring (bicyclic) bond motifs is 2. The number of amides is 1. The summed E-state index contributed by atoms with van der Waals surface area (Å²) in [5.74, 6) is 2.53. The molecule has 2 N–H and O–H groups in total. The quantitative estimate of drug-likeness (QED) is 0.392. The van der Waals surface area contributed by atoms with Crippen LogP contribution in [-0.2, 0) is 9.53 Å². The number of carbonyl (C=O) groups excluding carboxylic acids is 1. The number of aromatic nitrogens is 3. The topological polar surface area (TPSA) is 115 Å². The van der Waals surface area contributed by atoms with Crippen molar-refractivity contribution < 1.29 is 18.7 Å². The van der Waals surface area contributed by atoms with Gasteiger partial charge in [0.1, 0.15) is 29.0 Å². The van der Waals surface area contributed by atoms with Crippen LogP contribution in [0.3, 0.4) is 0 Å². The zero-order valence-electron chi connectivity index (χ0n) is 20.6. The molecule has 3 aliphatic rings. The number of carbonyl (C=O) groups is 1. The molecule has 4 aromatic rings. The summed E-state index contributed by atoms with van der Waals surface area (Å²) in [6.07, 6.45) is 6.59. The lowest BCUT2D eigenvalue weighted by Crippen LogP contribution is -2.57. The van der Waals surface area contributed by atoms with Crippen LogP contribution in [0.5, 0.6) is 5.75 Å². The van der Waals surface area contributed by atoms with Crippen molar-refractivity contribution in [1.29, 1.82) is 0 Å². The largest absolute Gasteiger partial charge is 0.488 e. The van der Waals surface area contributed by atoms with E-state index in [1.165, 1.54) is 0 Å². The molecule has 2 aliphatic heterocycles. The van der Waals surface area contributed by atoms with E-state index in [9.17, 15) is 4.79 Å². The van der Waals surface area contributed by atoms with Gasteiger partial charge in [-0.3, -0.25) is 9.69 Å². The SMILES string of the molecule is CNc1ncc(-c2nc3cc(OC4CN(C5CCOC5)C4)ccc3o2)c2cc(NC(=O)C3CC3)ncc12. The maximum atomic E-state index is 12.3. The first-order chi connectivity index (χ1) is 18.1. The number of benzene rings is 1. The molecule has 3 aromatic heterocycles. The second-order valence-electron chi connectivity index (χ2n) is 10.0. The second-order valence-corrected chi connectivity index (χ2v) is 10.0. The maximum Gasteiger partial charge on any atom is 0.229 e. The van der Waals surface area contributed by atoms with Crippen LogP contribution in [0.1, 0.15) is 19.3 Å². The van der Waals surface area contributed by atoms with Crippen LogP contribution in [0.2, 0.25) is 0 Å². The first kappa shape index (κ1) is 22.4. The molecule has 1 aromatic carbocycles. The van der Waals surface area contributed by atoms with Gasteiger partial charge in [0.05, 0.1) is 12.2 Å². The lowest BCUT2D eigenvalue weighted by atomic mass is 10.1. The molecule has 3 fully saturated rings. The van der Waals surface area contributed by atoms with Gasteiger partial charge in [-0.2, -0.15) is 0 Å². The molecular formula is C27H28N6O4. The summed E-state index contributed by atoms with van der Waals surface area (Å²) in [4.78, 5) is 28.5. The Bertz CT molecular complexity index is 1490. The van der Waals surface area contributed by atoms with Crippen LogP contribution in [0.15, 0.2) is 41.1 Å². The summed E-state index contributed by atoms with van der Waals surface area (Å²) < 4.78 is 17.8. The second kappa shape index (κ2) is 8.97. The van der Waals surface area contributed by atoms with Crippen molar-refractivity contribution in [2.75, 3.05) is 44.0 Å². The number of hydrogen-bond donors (Lipinski definition) is 2. The Labute approximate surface area is 213 Å². The third-order valence-corrected chi connectivity index (χ3v) is 7.40. The summed E-state index contributed by atoms with van der Waals surface area (Å²) in [5.41, 5.74) is 2.11. The van der Waals surface area contributed by atoms with E-state index >= 15 is 0 Å². The number of rotatable bonds is 7. The fourth-order valence-corrected chi connectivity index (χ4v) is 5.09. The Morgan fingerprint density at radius 1 is 1.11 bits per heavy atom. The van der Waals surface area contributed by atoms with Gasteiger partial charge in [0.2, 0.25) is 11.8 Å². The van der Waals surface area contributed by atoms with Crippen molar-refractivity contribution in [3.8, 4) is 17.2 Å². The van der Waals surface area contributed by atoms with E-state index in [0.29, 0.717) is 29.2 Å². The molecule has 1 unspecified atom stereocenters. The minimum atomic E-state index is 0.0110. The highest BCUT2D eigenvalue weighted by atomic mass is 16.5. The summed E-state index contributed by atoms with van der Waals surface area (Å²) in [6.45, 7) is 3.51. The minimum absolute atomic E-state index is 0.0110. The third-order valence-electron chi connectivity index (χ3n) is 7.40. The summed E-state index contributed by atoms with van der Waals surface area (Å²) in [7, 11) is 1.81. The molecule has 1 amide bonds. The molecule has 190 valence electrons. The highest BCUT2D eigenvalue weighted by Crippen LogP contribution is 2.35. The number of ether oxygens (including phenoxy) is 2. The number of nitrogens with one attached hydrogen (secondary N) is 2. The van der Waals surface area contributed by atoms with Gasteiger partial charge in [-0.15, -0.1) is 0 Å². The van der Waals surface area contributed by atoms with E-state index in [1.54, 1.807) is 12.4 Å². The van der Waals surface area contributed by atoms with E-state index in [0.717, 1.165) is 73.2 Å². The zero-order chi connectivity index (χ0) is 24.9. The van der Waals surface area contributed by atoms with Crippen molar-refractivity contribution in [2.24, 2.45) is 5.92 Å². The fourth-order valence-electron chi connectivity index (χ4n) is 5.09. The van der Waals surface area contributed by atoms with Gasteiger partial charge in [-0.25, -0.2) is 15.0 Å². The average Bonchev–Trinajstić information content (AvgIpc) is 3.44. The Kier molecular flexibility index (Phi) is 5.44. The van der Waals surface area contributed by atoms with Crippen LogP contribution >= 0.6 is 0 Å². The summed E-state index contributed by atoms with van der Waals surface area (Å²) >= 11 is 0. The number of nitrogens with zero attached hydrogens (tertiary/aromatic N) is 4. The Hall–Kier alpha value is -3.76. The van der Waals surface area contributed by atoms with Crippen LogP contribution in [0.4, 0.5) is 11.6 Å². The highest BCUT2D eigenvalue weighted by Gasteiger charge is 2.35. The van der Waals surface area contributed by atoms with E-state index in [1.807, 2.05) is 31.3 Å². The zero-order valence-corrected chi connectivity index (χ0v) is 20.6. The van der Waals surface area contributed by atoms with Gasteiger partial charge in [0.15, 0.2) is 5.58 Å². The van der Waals surface area contributed by atoms with Gasteiger partial charge in [-0.1, -0.05) is 0 Å². The normalized spacial score (nSPS) is 20.3. The number of hydrogen-bond acceptors (Lipinski definition) is 9. The molecular weight excluding hydrogens is 472 g/mol. The Morgan fingerprint density at radius 2 is 2.00 bits per heavy atom. The van der Waals surface area contributed by atoms with E-state index in [2.05, 4.69) is 25.5 Å². The Morgan fingerprint density at radius 3 is 2.78 bits per heavy atom. The third kappa shape index (κ3) is 4.25. The lowest BCUT2D eigenvalue weighted by molar-refractivity contribution is -0.117. The van der Waals surface area contributed by atoms with Crippen molar-refractivity contribution >= 4 is 39.4 Å². The molecule has 1 saturated carbocycles. The van der Waals surface area contributed by atoms with Crippen LogP contribution in [0, 0.1) is 5.92 Å². The number of pyridine rings is 2. The molecule has 1 aliphatic carbocycles. The minimum Gasteiger partial charge on any atom is -0.488 e. The first-order valence-corrected chi connectivity index (χ1v) is 12.8. The van der Waals surface area contributed by atoms with Gasteiger partial charge in [0, 0.05) is 67.9 Å². The molecule has 0 spiro atoms. The molecule has 5 heterocycles. The van der Waals surface area contributed by atoms with Gasteiger partial charge in [-0.05, 0) is 37.5 Å². The predicted octanol–water partition coefficient (Wildman–Crippen LogP) is 3.68. The van der Waals surface area contributed by atoms with Crippen LogP contribution in [-0.4, -0.2) is 71.3 Å². The highest BCUT2D eigenvalue weighted by molar-refractivity contribution is 6.03. The van der Waals surface area contributed by atoms with Gasteiger partial charge in [0.25, 0.3) is 0 Å². The van der Waals surface area contributed by atoms with Crippen molar-refractivity contribution in [1.82, 2.24) is 19.9 Å². The fraction of sp³-hybridized carbons (Fsp3) is 0.407. The number of likely N-dealkylation sites (tertiary alicyclic amines) is 1. The summed E-state index contributed by atoms with van der Waals surface area (Å²) in [5, 5.41) is 7.69. The van der Waals surface area contributed by atoms with Gasteiger partial charge < -0.3 is 24.5 Å². The summed E-state index contributed by atoms with van der Waals surface area (Å²) in [6, 6.07) is 8.12. The maximum absolute atomic E-state index is 12.3. The molecule has 10 nitrogen and oxygen atoms in total. The average molecular weight is 501 g/mol. The molecule has 7 rings (SSSR count). The monoisotopic (exact) mass is 500 g/mol. The first-order valence-electron chi connectivity index (χ1n) is 12.8. The molecule has 1 atom stereocenters. The van der Waals surface area contributed by atoms with E-state index in [-0.39, 0.29) is 17.9 Å². The Balaban J connectivity index is 1.16. The molecule has 10 heteroatoms. The molecule has 37 heavy (non-hydrogen) atoms. The van der Waals surface area contributed by atoms with Crippen molar-refractivity contribution in [2.45, 2.75) is 31.4 Å². The van der Waals surface area contributed by atoms with Crippen molar-refractivity contribution in [3.05, 3.63) is 36.7 Å². The van der Waals surface area contributed by atoms with Crippen molar-refractivity contribution in [3.63, 3.8) is 0 Å². The van der Waals surface area contributed by atoms with Gasteiger partial charge >= 0.3 is 0 Å². The van der Waals surface area contributed by atoms with E-state index in [4.69, 9.17) is 18.9 Å². The lowest BCUT2D eigenvalue weighted by Gasteiger charge is -2.42. The van der Waals surface area contributed by atoms with E-state index < -0.39 is 0 Å². The molecule has 2 saturated heterocycles. The smallest absolute Gasteiger partial charge is 0.229 e. The number of anilines is 2. The van der Waals surface area contributed by atoms with Crippen LogP contribution < -0.4 is 15.4 Å².